The normalized spacial score (nSPS) is 10.5. The highest BCUT2D eigenvalue weighted by molar-refractivity contribution is 5.68. The maximum Gasteiger partial charge on any atom is 0.262 e. The fourth-order valence-corrected chi connectivity index (χ4v) is 1.98. The van der Waals surface area contributed by atoms with E-state index in [1.54, 1.807) is 12.1 Å². The van der Waals surface area contributed by atoms with E-state index in [0.29, 0.717) is 11.3 Å². The molecule has 21 heavy (non-hydrogen) atoms. The average Bonchev–Trinajstić information content (AvgIpc) is 2.49. The summed E-state index contributed by atoms with van der Waals surface area (Å²) in [5.74, 6) is -0.148. The fourth-order valence-electron chi connectivity index (χ4n) is 1.98. The van der Waals surface area contributed by atoms with Crippen LogP contribution in [0.4, 0.5) is 0 Å². The van der Waals surface area contributed by atoms with Gasteiger partial charge in [0.15, 0.2) is 5.82 Å². The van der Waals surface area contributed by atoms with Crippen LogP contribution < -0.4 is 5.56 Å². The Hall–Kier alpha value is -3.02. The summed E-state index contributed by atoms with van der Waals surface area (Å²) in [4.78, 5) is 26.8. The Morgan fingerprint density at radius 2 is 1.90 bits per heavy atom. The Bertz CT molecular complexity index is 827. The number of H-pyrrole nitrogens is 1. The molecule has 0 fully saturated rings. The Labute approximate surface area is 120 Å². The van der Waals surface area contributed by atoms with Crippen LogP contribution in [0.25, 0.3) is 22.6 Å². The molecular weight excluding hydrogens is 268 g/mol. The molecule has 0 unspecified atom stereocenters. The minimum Gasteiger partial charge on any atom is -0.493 e. The SMILES string of the molecule is Cc1ccc(-c2c(O)nc(-c3cnccn3)[nH]c2=O)cc1. The van der Waals surface area contributed by atoms with Crippen molar-refractivity contribution in [2.24, 2.45) is 0 Å². The molecule has 6 heteroatoms. The first kappa shape index (κ1) is 13.0. The lowest BCUT2D eigenvalue weighted by Gasteiger charge is -2.06. The van der Waals surface area contributed by atoms with Gasteiger partial charge in [-0.15, -0.1) is 0 Å². The van der Waals surface area contributed by atoms with Crippen LogP contribution in [0, 0.1) is 6.92 Å². The fraction of sp³-hybridized carbons (Fsp3) is 0.0667. The van der Waals surface area contributed by atoms with E-state index in [0.717, 1.165) is 5.56 Å². The quantitative estimate of drug-likeness (QED) is 0.748. The Balaban J connectivity index is 2.13. The van der Waals surface area contributed by atoms with Crippen LogP contribution in [0.3, 0.4) is 0 Å². The van der Waals surface area contributed by atoms with E-state index < -0.39 is 5.56 Å². The summed E-state index contributed by atoms with van der Waals surface area (Å²) < 4.78 is 0. The lowest BCUT2D eigenvalue weighted by atomic mass is 10.1. The van der Waals surface area contributed by atoms with Gasteiger partial charge in [-0.1, -0.05) is 29.8 Å². The van der Waals surface area contributed by atoms with Gasteiger partial charge in [0.05, 0.1) is 6.20 Å². The summed E-state index contributed by atoms with van der Waals surface area (Å²) in [6, 6.07) is 7.27. The Morgan fingerprint density at radius 3 is 2.52 bits per heavy atom. The topological polar surface area (TPSA) is 91.8 Å². The number of aromatic amines is 1. The molecule has 0 saturated carbocycles. The molecule has 0 bridgehead atoms. The summed E-state index contributed by atoms with van der Waals surface area (Å²) in [7, 11) is 0. The van der Waals surface area contributed by atoms with Crippen molar-refractivity contribution in [1.29, 1.82) is 0 Å². The monoisotopic (exact) mass is 280 g/mol. The van der Waals surface area contributed by atoms with Gasteiger partial charge in [-0.25, -0.2) is 4.98 Å². The number of aromatic hydroxyl groups is 1. The van der Waals surface area contributed by atoms with Gasteiger partial charge >= 0.3 is 0 Å². The third-order valence-electron chi connectivity index (χ3n) is 3.05. The van der Waals surface area contributed by atoms with Crippen molar-refractivity contribution in [2.75, 3.05) is 0 Å². The van der Waals surface area contributed by atoms with Crippen molar-refractivity contribution < 1.29 is 5.11 Å². The van der Waals surface area contributed by atoms with Crippen LogP contribution in [0.5, 0.6) is 5.88 Å². The molecule has 0 atom stereocenters. The van der Waals surface area contributed by atoms with Crippen molar-refractivity contribution in [3.8, 4) is 28.5 Å². The number of aromatic nitrogens is 4. The standard InChI is InChI=1S/C15H12N4O2/c1-9-2-4-10(5-3-9)12-14(20)18-13(19-15(12)21)11-8-16-6-7-17-11/h2-8H,1H3,(H2,18,19,20,21). The summed E-state index contributed by atoms with van der Waals surface area (Å²) in [6.07, 6.45) is 4.46. The molecule has 0 aliphatic carbocycles. The van der Waals surface area contributed by atoms with Crippen molar-refractivity contribution in [3.63, 3.8) is 0 Å². The van der Waals surface area contributed by atoms with Gasteiger partial charge < -0.3 is 10.1 Å². The predicted molar refractivity (Wildman–Crippen MR) is 77.7 cm³/mol. The number of benzene rings is 1. The molecule has 2 N–H and O–H groups in total. The lowest BCUT2D eigenvalue weighted by Crippen LogP contribution is -2.12. The number of aryl methyl sites for hydroxylation is 1. The molecule has 0 amide bonds. The minimum atomic E-state index is -0.424. The van der Waals surface area contributed by atoms with Gasteiger partial charge in [0.25, 0.3) is 5.56 Å². The zero-order valence-corrected chi connectivity index (χ0v) is 11.2. The van der Waals surface area contributed by atoms with E-state index in [1.807, 2.05) is 19.1 Å². The van der Waals surface area contributed by atoms with Gasteiger partial charge in [-0.3, -0.25) is 9.78 Å². The van der Waals surface area contributed by atoms with Gasteiger partial charge in [-0.2, -0.15) is 4.98 Å². The van der Waals surface area contributed by atoms with E-state index in [2.05, 4.69) is 19.9 Å². The van der Waals surface area contributed by atoms with Crippen LogP contribution in [0.2, 0.25) is 0 Å². The molecular formula is C15H12N4O2. The second kappa shape index (κ2) is 5.16. The highest BCUT2D eigenvalue weighted by Gasteiger charge is 2.14. The van der Waals surface area contributed by atoms with Crippen LogP contribution in [-0.4, -0.2) is 25.0 Å². The summed E-state index contributed by atoms with van der Waals surface area (Å²) in [6.45, 7) is 1.95. The zero-order valence-electron chi connectivity index (χ0n) is 11.2. The van der Waals surface area contributed by atoms with Crippen molar-refractivity contribution in [1.82, 2.24) is 19.9 Å². The molecule has 6 nitrogen and oxygen atoms in total. The first-order chi connectivity index (χ1) is 10.1. The maximum atomic E-state index is 12.2. The smallest absolute Gasteiger partial charge is 0.262 e. The van der Waals surface area contributed by atoms with Crippen molar-refractivity contribution in [2.45, 2.75) is 6.92 Å². The second-order valence-electron chi connectivity index (χ2n) is 4.57. The Kier molecular flexibility index (Phi) is 3.19. The van der Waals surface area contributed by atoms with Gasteiger partial charge in [0, 0.05) is 12.4 Å². The molecule has 0 spiro atoms. The third kappa shape index (κ3) is 2.51. The summed E-state index contributed by atoms with van der Waals surface area (Å²) in [5.41, 5.74) is 1.78. The molecule has 0 aliphatic heterocycles. The van der Waals surface area contributed by atoms with Crippen molar-refractivity contribution in [3.05, 3.63) is 58.8 Å². The van der Waals surface area contributed by atoms with E-state index in [9.17, 15) is 9.90 Å². The molecule has 3 aromatic rings. The van der Waals surface area contributed by atoms with E-state index >= 15 is 0 Å². The number of hydrogen-bond donors (Lipinski definition) is 2. The van der Waals surface area contributed by atoms with Gasteiger partial charge in [0.1, 0.15) is 11.3 Å². The number of rotatable bonds is 2. The molecule has 2 heterocycles. The highest BCUT2D eigenvalue weighted by Crippen LogP contribution is 2.25. The number of nitrogens with zero attached hydrogens (tertiary/aromatic N) is 3. The molecule has 0 aliphatic rings. The van der Waals surface area contributed by atoms with Crippen molar-refractivity contribution >= 4 is 0 Å². The Morgan fingerprint density at radius 1 is 1.14 bits per heavy atom. The average molecular weight is 280 g/mol. The molecule has 0 saturated heterocycles. The third-order valence-corrected chi connectivity index (χ3v) is 3.05. The second-order valence-corrected chi connectivity index (χ2v) is 4.57. The van der Waals surface area contributed by atoms with Crippen LogP contribution in [-0.2, 0) is 0 Å². The zero-order chi connectivity index (χ0) is 14.8. The summed E-state index contributed by atoms with van der Waals surface area (Å²) in [5, 5.41) is 10.1. The first-order valence-electron chi connectivity index (χ1n) is 6.32. The first-order valence-corrected chi connectivity index (χ1v) is 6.32. The van der Waals surface area contributed by atoms with E-state index in [-0.39, 0.29) is 17.3 Å². The molecule has 104 valence electrons. The van der Waals surface area contributed by atoms with E-state index in [4.69, 9.17) is 0 Å². The van der Waals surface area contributed by atoms with Gasteiger partial charge in [-0.05, 0) is 12.5 Å². The number of hydrogen-bond acceptors (Lipinski definition) is 5. The molecule has 3 rings (SSSR count). The lowest BCUT2D eigenvalue weighted by molar-refractivity contribution is 0.454. The van der Waals surface area contributed by atoms with Crippen LogP contribution in [0.15, 0.2) is 47.7 Å². The number of nitrogens with one attached hydrogen (secondary N) is 1. The predicted octanol–water partition coefficient (Wildman–Crippen LogP) is 1.91. The highest BCUT2D eigenvalue weighted by atomic mass is 16.3. The van der Waals surface area contributed by atoms with Gasteiger partial charge in [0.2, 0.25) is 5.88 Å². The largest absolute Gasteiger partial charge is 0.493 e. The van der Waals surface area contributed by atoms with E-state index in [1.165, 1.54) is 18.6 Å². The summed E-state index contributed by atoms with van der Waals surface area (Å²) >= 11 is 0. The van der Waals surface area contributed by atoms with Crippen LogP contribution >= 0.6 is 0 Å². The maximum absolute atomic E-state index is 12.2. The molecule has 1 aromatic carbocycles. The molecule has 2 aromatic heterocycles. The minimum absolute atomic E-state index is 0.141. The van der Waals surface area contributed by atoms with Crippen LogP contribution in [0.1, 0.15) is 5.56 Å². The molecule has 0 radical (unpaired) electrons.